The summed E-state index contributed by atoms with van der Waals surface area (Å²) in [6.45, 7) is 8.42. The summed E-state index contributed by atoms with van der Waals surface area (Å²) in [6.07, 6.45) is 3.66. The molecule has 1 aliphatic carbocycles. The van der Waals surface area contributed by atoms with E-state index in [1.54, 1.807) is 35.5 Å². The van der Waals surface area contributed by atoms with Gasteiger partial charge in [-0.2, -0.15) is 5.10 Å². The van der Waals surface area contributed by atoms with E-state index in [1.165, 1.54) is 6.07 Å². The standard InChI is InChI=1S/C25H28FN5O2/c1-14(2)17-12-20(16-7-8-19(26)18(11-16)15-5-6-15)29-31-13-21(28-22(17)31)23(32)30-10-9-27-24(33)25(30,3)4/h7-8,11-15H,5-6,9-10H2,1-4H3,(H,27,33). The minimum absolute atomic E-state index is 0.139. The fraction of sp³-hybridized carbons (Fsp3) is 0.440. The molecule has 3 aromatic rings. The number of rotatable bonds is 4. The van der Waals surface area contributed by atoms with Crippen LogP contribution in [0.4, 0.5) is 4.39 Å². The van der Waals surface area contributed by atoms with Crippen LogP contribution in [0.15, 0.2) is 30.5 Å². The van der Waals surface area contributed by atoms with Gasteiger partial charge in [0, 0.05) is 24.2 Å². The summed E-state index contributed by atoms with van der Waals surface area (Å²) in [5.41, 5.74) is 3.15. The number of benzene rings is 1. The summed E-state index contributed by atoms with van der Waals surface area (Å²) < 4.78 is 15.9. The third-order valence-corrected chi connectivity index (χ3v) is 6.70. The highest BCUT2D eigenvalue weighted by molar-refractivity contribution is 5.99. The average Bonchev–Trinajstić information content (AvgIpc) is 3.52. The summed E-state index contributed by atoms with van der Waals surface area (Å²) >= 11 is 0. The molecule has 0 atom stereocenters. The smallest absolute Gasteiger partial charge is 0.275 e. The number of nitrogens with one attached hydrogen (secondary N) is 1. The molecule has 2 aliphatic rings. The Morgan fingerprint density at radius 1 is 1.24 bits per heavy atom. The number of fused-ring (bicyclic) bond motifs is 1. The second kappa shape index (κ2) is 7.64. The third-order valence-electron chi connectivity index (χ3n) is 6.70. The molecule has 8 heteroatoms. The molecule has 2 amide bonds. The number of piperazine rings is 1. The maximum Gasteiger partial charge on any atom is 0.275 e. The van der Waals surface area contributed by atoms with Crippen molar-refractivity contribution in [3.63, 3.8) is 0 Å². The van der Waals surface area contributed by atoms with Gasteiger partial charge >= 0.3 is 0 Å². The van der Waals surface area contributed by atoms with Crippen molar-refractivity contribution in [1.29, 1.82) is 0 Å². The minimum Gasteiger partial charge on any atom is -0.352 e. The van der Waals surface area contributed by atoms with E-state index in [0.29, 0.717) is 30.3 Å². The van der Waals surface area contributed by atoms with E-state index in [1.807, 2.05) is 12.1 Å². The SMILES string of the molecule is CC(C)c1cc(-c2ccc(F)c(C3CC3)c2)nn2cc(C(=O)N3CCNC(=O)C3(C)C)nc12. The lowest BCUT2D eigenvalue weighted by Gasteiger charge is -2.40. The van der Waals surface area contributed by atoms with E-state index in [2.05, 4.69) is 24.1 Å². The fourth-order valence-corrected chi connectivity index (χ4v) is 4.47. The normalized spacial score (nSPS) is 18.1. The van der Waals surface area contributed by atoms with Gasteiger partial charge in [0.15, 0.2) is 5.65 Å². The van der Waals surface area contributed by atoms with Crippen molar-refractivity contribution in [2.45, 2.75) is 57.9 Å². The van der Waals surface area contributed by atoms with E-state index >= 15 is 0 Å². The molecule has 7 nitrogen and oxygen atoms in total. The van der Waals surface area contributed by atoms with Crippen molar-refractivity contribution in [2.75, 3.05) is 13.1 Å². The lowest BCUT2D eigenvalue weighted by atomic mass is 9.98. The molecule has 172 valence electrons. The molecular formula is C25H28FN5O2. The van der Waals surface area contributed by atoms with Crippen LogP contribution in [0.3, 0.4) is 0 Å². The maximum atomic E-state index is 14.3. The van der Waals surface area contributed by atoms with Gasteiger partial charge in [-0.15, -0.1) is 0 Å². The summed E-state index contributed by atoms with van der Waals surface area (Å²) in [5.74, 6) is -0.220. The Labute approximate surface area is 192 Å². The van der Waals surface area contributed by atoms with E-state index in [0.717, 1.165) is 29.5 Å². The molecule has 1 saturated heterocycles. The zero-order chi connectivity index (χ0) is 23.5. The monoisotopic (exact) mass is 449 g/mol. The van der Waals surface area contributed by atoms with E-state index in [9.17, 15) is 14.0 Å². The Kier molecular flexibility index (Phi) is 4.99. The van der Waals surface area contributed by atoms with Gasteiger partial charge in [0.1, 0.15) is 17.1 Å². The molecule has 2 aromatic heterocycles. The molecule has 1 aromatic carbocycles. The van der Waals surface area contributed by atoms with Crippen LogP contribution in [-0.4, -0.2) is 49.9 Å². The second-order valence-electron chi connectivity index (χ2n) is 9.82. The van der Waals surface area contributed by atoms with Gasteiger partial charge in [0.2, 0.25) is 5.91 Å². The van der Waals surface area contributed by atoms with Crippen molar-refractivity contribution < 1.29 is 14.0 Å². The van der Waals surface area contributed by atoms with Gasteiger partial charge in [0.25, 0.3) is 5.91 Å². The van der Waals surface area contributed by atoms with Crippen LogP contribution in [-0.2, 0) is 4.79 Å². The Morgan fingerprint density at radius 3 is 2.70 bits per heavy atom. The number of aromatic nitrogens is 3. The zero-order valence-corrected chi connectivity index (χ0v) is 19.4. The van der Waals surface area contributed by atoms with Gasteiger partial charge in [-0.25, -0.2) is 13.9 Å². The molecule has 2 fully saturated rings. The number of halogens is 1. The van der Waals surface area contributed by atoms with Crippen molar-refractivity contribution >= 4 is 17.5 Å². The first-order valence-electron chi connectivity index (χ1n) is 11.5. The molecule has 1 aliphatic heterocycles. The quantitative estimate of drug-likeness (QED) is 0.656. The summed E-state index contributed by atoms with van der Waals surface area (Å²) in [6, 6.07) is 7.13. The summed E-state index contributed by atoms with van der Waals surface area (Å²) in [4.78, 5) is 31.8. The molecular weight excluding hydrogens is 421 g/mol. The molecule has 3 heterocycles. The zero-order valence-electron chi connectivity index (χ0n) is 19.4. The van der Waals surface area contributed by atoms with Gasteiger partial charge in [-0.3, -0.25) is 9.59 Å². The van der Waals surface area contributed by atoms with Gasteiger partial charge in [-0.1, -0.05) is 13.8 Å². The van der Waals surface area contributed by atoms with Crippen LogP contribution in [0.2, 0.25) is 0 Å². The molecule has 1 saturated carbocycles. The fourth-order valence-electron chi connectivity index (χ4n) is 4.47. The van der Waals surface area contributed by atoms with Crippen molar-refractivity contribution in [2.24, 2.45) is 0 Å². The minimum atomic E-state index is -0.960. The second-order valence-corrected chi connectivity index (χ2v) is 9.82. The van der Waals surface area contributed by atoms with Crippen molar-refractivity contribution in [1.82, 2.24) is 24.8 Å². The lowest BCUT2D eigenvalue weighted by Crippen LogP contribution is -2.63. The summed E-state index contributed by atoms with van der Waals surface area (Å²) in [5, 5.41) is 7.53. The highest BCUT2D eigenvalue weighted by atomic mass is 19.1. The van der Waals surface area contributed by atoms with Crippen LogP contribution in [0.1, 0.15) is 74.0 Å². The van der Waals surface area contributed by atoms with Gasteiger partial charge in [0.05, 0.1) is 11.9 Å². The molecule has 0 bridgehead atoms. The third kappa shape index (κ3) is 3.67. The topological polar surface area (TPSA) is 79.6 Å². The van der Waals surface area contributed by atoms with Crippen LogP contribution in [0.25, 0.3) is 16.9 Å². The average molecular weight is 450 g/mol. The Hall–Kier alpha value is -3.29. The molecule has 0 radical (unpaired) electrons. The largest absolute Gasteiger partial charge is 0.352 e. The number of hydrogen-bond acceptors (Lipinski definition) is 4. The number of carbonyl (C=O) groups is 2. The van der Waals surface area contributed by atoms with E-state index < -0.39 is 5.54 Å². The van der Waals surface area contributed by atoms with Crippen LogP contribution < -0.4 is 5.32 Å². The summed E-state index contributed by atoms with van der Waals surface area (Å²) in [7, 11) is 0. The van der Waals surface area contributed by atoms with Crippen LogP contribution >= 0.6 is 0 Å². The van der Waals surface area contributed by atoms with E-state index in [-0.39, 0.29) is 29.2 Å². The Morgan fingerprint density at radius 2 is 2.00 bits per heavy atom. The number of hydrogen-bond donors (Lipinski definition) is 1. The Balaban J connectivity index is 1.58. The highest BCUT2D eigenvalue weighted by Gasteiger charge is 2.41. The number of carbonyl (C=O) groups excluding carboxylic acids is 2. The van der Waals surface area contributed by atoms with Gasteiger partial charge < -0.3 is 10.2 Å². The number of nitrogens with zero attached hydrogens (tertiary/aromatic N) is 4. The molecule has 1 N–H and O–H groups in total. The number of amides is 2. The predicted molar refractivity (Wildman–Crippen MR) is 123 cm³/mol. The van der Waals surface area contributed by atoms with Gasteiger partial charge in [-0.05, 0) is 68.4 Å². The molecule has 0 unspecified atom stereocenters. The predicted octanol–water partition coefficient (Wildman–Crippen LogP) is 3.89. The van der Waals surface area contributed by atoms with Crippen LogP contribution in [0, 0.1) is 5.82 Å². The Bertz CT molecular complexity index is 1280. The van der Waals surface area contributed by atoms with Crippen LogP contribution in [0.5, 0.6) is 0 Å². The maximum absolute atomic E-state index is 14.3. The molecule has 5 rings (SSSR count). The molecule has 33 heavy (non-hydrogen) atoms. The molecule has 0 spiro atoms. The first-order chi connectivity index (χ1) is 15.7. The first kappa shape index (κ1) is 21.6. The highest BCUT2D eigenvalue weighted by Crippen LogP contribution is 2.42. The van der Waals surface area contributed by atoms with Crippen molar-refractivity contribution in [3.8, 4) is 11.3 Å². The van der Waals surface area contributed by atoms with E-state index in [4.69, 9.17) is 5.10 Å². The van der Waals surface area contributed by atoms with Crippen molar-refractivity contribution in [3.05, 3.63) is 53.1 Å². The first-order valence-corrected chi connectivity index (χ1v) is 11.5. The lowest BCUT2D eigenvalue weighted by molar-refractivity contribution is -0.133. The number of imidazole rings is 1.